The Morgan fingerprint density at radius 1 is 0.757 bits per heavy atom. The largest absolute Gasteiger partial charge is 0.416 e. The maximum atomic E-state index is 6.93. The highest BCUT2D eigenvalue weighted by atomic mass is 127. The van der Waals surface area contributed by atoms with E-state index < -0.39 is 16.6 Å². The van der Waals surface area contributed by atoms with Gasteiger partial charge in [0.05, 0.1) is 6.61 Å². The standard InChI is InChI=1S/C32H59IO2Si2/c1-21(2)36(22(3)4,23(5)6)34-17-16-30-28(14)19-32(33)31(29(30)15)18-27(13)20-35-37(24(7)8,25(9)10)26(11)12/h18-19,21-26H,16-17,20H2,1-15H3/b27-18+. The van der Waals surface area contributed by atoms with Crippen molar-refractivity contribution in [2.75, 3.05) is 13.2 Å². The second kappa shape index (κ2) is 14.6. The summed E-state index contributed by atoms with van der Waals surface area (Å²) >= 11 is 2.51. The molecular formula is C32H59IO2Si2. The Kier molecular flexibility index (Phi) is 13.8. The van der Waals surface area contributed by atoms with E-state index in [0.29, 0.717) is 33.2 Å². The van der Waals surface area contributed by atoms with E-state index in [2.05, 4.69) is 139 Å². The number of hydrogen-bond donors (Lipinski definition) is 0. The molecule has 0 aromatic heterocycles. The zero-order chi connectivity index (χ0) is 28.9. The molecule has 0 aliphatic rings. The molecule has 0 spiro atoms. The fourth-order valence-corrected chi connectivity index (χ4v) is 19.4. The summed E-state index contributed by atoms with van der Waals surface area (Å²) in [5.74, 6) is 0. The van der Waals surface area contributed by atoms with Gasteiger partial charge in [-0.3, -0.25) is 0 Å². The fourth-order valence-electron chi connectivity index (χ4n) is 7.41. The van der Waals surface area contributed by atoms with Crippen LogP contribution in [0, 0.1) is 17.4 Å². The van der Waals surface area contributed by atoms with Crippen molar-refractivity contribution in [3.63, 3.8) is 0 Å². The van der Waals surface area contributed by atoms with Crippen molar-refractivity contribution in [3.05, 3.63) is 37.5 Å². The molecule has 5 heteroatoms. The first-order valence-electron chi connectivity index (χ1n) is 14.7. The molecule has 0 radical (unpaired) electrons. The summed E-state index contributed by atoms with van der Waals surface area (Å²) < 4.78 is 15.2. The Bertz CT molecular complexity index is 857. The lowest BCUT2D eigenvalue weighted by atomic mass is 9.94. The van der Waals surface area contributed by atoms with Crippen LogP contribution in [-0.4, -0.2) is 29.8 Å². The second-order valence-corrected chi connectivity index (χ2v) is 25.3. The SMILES string of the molecule is C/C(=C\c1c(I)cc(C)c(CCO[Si](C(C)C)(C(C)C)C(C)C)c1C)CO[Si](C(C)C)(C(C)C)C(C)C. The third-order valence-corrected chi connectivity index (χ3v) is 22.1. The molecule has 2 nitrogen and oxygen atoms in total. The van der Waals surface area contributed by atoms with Crippen LogP contribution < -0.4 is 0 Å². The van der Waals surface area contributed by atoms with Crippen molar-refractivity contribution in [1.29, 1.82) is 0 Å². The van der Waals surface area contributed by atoms with Gasteiger partial charge in [0.2, 0.25) is 8.32 Å². The van der Waals surface area contributed by atoms with Gasteiger partial charge < -0.3 is 8.85 Å². The summed E-state index contributed by atoms with van der Waals surface area (Å²) in [5, 5.41) is 0. The molecule has 214 valence electrons. The minimum absolute atomic E-state index is 0.603. The van der Waals surface area contributed by atoms with Crippen molar-refractivity contribution >= 4 is 45.3 Å². The molecule has 0 saturated heterocycles. The molecule has 0 aliphatic heterocycles. The Balaban J connectivity index is 3.24. The summed E-state index contributed by atoms with van der Waals surface area (Å²) in [5.41, 5.74) is 10.6. The average Bonchev–Trinajstić information content (AvgIpc) is 2.74. The maximum absolute atomic E-state index is 6.93. The van der Waals surface area contributed by atoms with Crippen LogP contribution in [0.2, 0.25) is 33.2 Å². The fraction of sp³-hybridized carbons (Fsp3) is 0.750. The van der Waals surface area contributed by atoms with E-state index in [1.165, 1.54) is 31.4 Å². The van der Waals surface area contributed by atoms with E-state index in [1.54, 1.807) is 0 Å². The minimum Gasteiger partial charge on any atom is -0.416 e. The average molecular weight is 659 g/mol. The van der Waals surface area contributed by atoms with E-state index in [9.17, 15) is 0 Å². The van der Waals surface area contributed by atoms with E-state index in [1.807, 2.05) is 0 Å². The normalized spacial score (nSPS) is 13.9. The lowest BCUT2D eigenvalue weighted by Gasteiger charge is -2.42. The van der Waals surface area contributed by atoms with Gasteiger partial charge in [-0.15, -0.1) is 0 Å². The molecule has 0 N–H and O–H groups in total. The minimum atomic E-state index is -1.87. The quantitative estimate of drug-likeness (QED) is 0.146. The maximum Gasteiger partial charge on any atom is 0.200 e. The van der Waals surface area contributed by atoms with E-state index in [-0.39, 0.29) is 0 Å². The van der Waals surface area contributed by atoms with Crippen molar-refractivity contribution in [2.24, 2.45) is 0 Å². The zero-order valence-corrected chi connectivity index (χ0v) is 31.1. The summed E-state index contributed by atoms with van der Waals surface area (Å²) in [6.45, 7) is 36.8. The van der Waals surface area contributed by atoms with Crippen LogP contribution in [0.25, 0.3) is 6.08 Å². The highest BCUT2D eigenvalue weighted by Crippen LogP contribution is 2.43. The molecule has 1 aromatic rings. The zero-order valence-electron chi connectivity index (χ0n) is 26.9. The number of aryl methyl sites for hydroxylation is 1. The van der Waals surface area contributed by atoms with Gasteiger partial charge in [-0.2, -0.15) is 0 Å². The van der Waals surface area contributed by atoms with Gasteiger partial charge in [-0.1, -0.05) is 89.2 Å². The molecule has 0 heterocycles. The van der Waals surface area contributed by atoms with E-state index in [0.717, 1.165) is 19.6 Å². The first-order valence-corrected chi connectivity index (χ1v) is 20.1. The third kappa shape index (κ3) is 7.83. The highest BCUT2D eigenvalue weighted by molar-refractivity contribution is 14.1. The van der Waals surface area contributed by atoms with Gasteiger partial charge in [-0.25, -0.2) is 0 Å². The Labute approximate surface area is 247 Å². The Morgan fingerprint density at radius 2 is 1.16 bits per heavy atom. The van der Waals surface area contributed by atoms with Crippen molar-refractivity contribution < 1.29 is 8.85 Å². The lowest BCUT2D eigenvalue weighted by molar-refractivity contribution is 0.281. The van der Waals surface area contributed by atoms with Gasteiger partial charge in [0, 0.05) is 10.2 Å². The van der Waals surface area contributed by atoms with Gasteiger partial charge in [0.25, 0.3) is 0 Å². The van der Waals surface area contributed by atoms with Gasteiger partial charge >= 0.3 is 0 Å². The predicted octanol–water partition coefficient (Wildman–Crippen LogP) is 11.2. The smallest absolute Gasteiger partial charge is 0.200 e. The molecule has 0 bridgehead atoms. The number of hydrogen-bond acceptors (Lipinski definition) is 2. The van der Waals surface area contributed by atoms with Gasteiger partial charge in [-0.05, 0) is 117 Å². The molecule has 0 atom stereocenters. The highest BCUT2D eigenvalue weighted by Gasteiger charge is 2.45. The van der Waals surface area contributed by atoms with Crippen LogP contribution in [0.3, 0.4) is 0 Å². The van der Waals surface area contributed by atoms with E-state index >= 15 is 0 Å². The van der Waals surface area contributed by atoms with Crippen LogP contribution in [0.1, 0.15) is 112 Å². The number of benzene rings is 1. The lowest BCUT2D eigenvalue weighted by Crippen LogP contribution is -2.48. The summed E-state index contributed by atoms with van der Waals surface area (Å²) in [7, 11) is -3.72. The van der Waals surface area contributed by atoms with Crippen LogP contribution in [0.15, 0.2) is 11.6 Å². The molecule has 1 rings (SSSR count). The Hall–Kier alpha value is 0.0438. The van der Waals surface area contributed by atoms with Crippen LogP contribution >= 0.6 is 22.6 Å². The first kappa shape index (κ1) is 35.1. The monoisotopic (exact) mass is 658 g/mol. The predicted molar refractivity (Wildman–Crippen MR) is 180 cm³/mol. The summed E-state index contributed by atoms with van der Waals surface area (Å²) in [4.78, 5) is 0. The first-order chi connectivity index (χ1) is 17.0. The Morgan fingerprint density at radius 3 is 1.57 bits per heavy atom. The van der Waals surface area contributed by atoms with Crippen molar-refractivity contribution in [3.8, 4) is 0 Å². The summed E-state index contributed by atoms with van der Waals surface area (Å²) in [6.07, 6.45) is 3.37. The third-order valence-electron chi connectivity index (χ3n) is 8.99. The van der Waals surface area contributed by atoms with E-state index in [4.69, 9.17) is 8.85 Å². The number of halogens is 1. The van der Waals surface area contributed by atoms with Crippen LogP contribution in [0.4, 0.5) is 0 Å². The van der Waals surface area contributed by atoms with Crippen molar-refractivity contribution in [2.45, 2.75) is 144 Å². The molecule has 1 aromatic carbocycles. The van der Waals surface area contributed by atoms with Gasteiger partial charge in [0.1, 0.15) is 0 Å². The molecule has 0 fully saturated rings. The molecule has 0 unspecified atom stereocenters. The molecular weight excluding hydrogens is 599 g/mol. The van der Waals surface area contributed by atoms with Crippen molar-refractivity contribution in [1.82, 2.24) is 0 Å². The molecule has 0 saturated carbocycles. The van der Waals surface area contributed by atoms with Crippen LogP contribution in [-0.2, 0) is 15.3 Å². The molecule has 0 aliphatic carbocycles. The second-order valence-electron chi connectivity index (χ2n) is 13.2. The van der Waals surface area contributed by atoms with Crippen LogP contribution in [0.5, 0.6) is 0 Å². The summed E-state index contributed by atoms with van der Waals surface area (Å²) in [6, 6.07) is 2.36. The van der Waals surface area contributed by atoms with Gasteiger partial charge in [0.15, 0.2) is 8.32 Å². The molecule has 0 amide bonds. The molecule has 37 heavy (non-hydrogen) atoms. The topological polar surface area (TPSA) is 18.5 Å². The number of rotatable bonds is 14.